The molecular formula is C14H20N2O4S. The molecule has 2 rings (SSSR count). The smallest absolute Gasteiger partial charge is 0.335 e. The van der Waals surface area contributed by atoms with E-state index in [-0.39, 0.29) is 11.5 Å². The summed E-state index contributed by atoms with van der Waals surface area (Å²) in [5.41, 5.74) is 1.23. The van der Waals surface area contributed by atoms with Crippen molar-refractivity contribution in [2.24, 2.45) is 0 Å². The number of aromatic carboxylic acids is 1. The van der Waals surface area contributed by atoms with Crippen LogP contribution in [0.15, 0.2) is 24.3 Å². The van der Waals surface area contributed by atoms with E-state index in [1.165, 1.54) is 22.7 Å². The van der Waals surface area contributed by atoms with Gasteiger partial charge in [-0.1, -0.05) is 12.1 Å². The summed E-state index contributed by atoms with van der Waals surface area (Å²) in [7, 11) is -0.333. The van der Waals surface area contributed by atoms with Gasteiger partial charge in [-0.15, -0.1) is 0 Å². The lowest BCUT2D eigenvalue weighted by atomic mass is 9.91. The summed E-state index contributed by atoms with van der Waals surface area (Å²) in [5, 5.41) is 8.90. The first-order valence-electron chi connectivity index (χ1n) is 6.83. The van der Waals surface area contributed by atoms with Gasteiger partial charge in [0.1, 0.15) is 0 Å². The van der Waals surface area contributed by atoms with Crippen molar-refractivity contribution < 1.29 is 18.3 Å². The number of rotatable bonds is 4. The molecule has 0 spiro atoms. The van der Waals surface area contributed by atoms with Crippen LogP contribution in [-0.2, 0) is 10.2 Å². The minimum absolute atomic E-state index is 0.108. The Balaban J connectivity index is 2.16. The van der Waals surface area contributed by atoms with Crippen LogP contribution >= 0.6 is 0 Å². The molecule has 1 aliphatic heterocycles. The Morgan fingerprint density at radius 3 is 2.43 bits per heavy atom. The first-order chi connectivity index (χ1) is 9.82. The van der Waals surface area contributed by atoms with Crippen molar-refractivity contribution in [2.45, 2.75) is 18.8 Å². The number of carboxylic acid groups (broad SMARTS) is 1. The summed E-state index contributed by atoms with van der Waals surface area (Å²) >= 11 is 0. The van der Waals surface area contributed by atoms with Gasteiger partial charge in [-0.05, 0) is 36.5 Å². The van der Waals surface area contributed by atoms with Gasteiger partial charge in [0.25, 0.3) is 10.2 Å². The van der Waals surface area contributed by atoms with Crippen molar-refractivity contribution in [1.82, 2.24) is 8.61 Å². The highest BCUT2D eigenvalue weighted by Crippen LogP contribution is 2.28. The van der Waals surface area contributed by atoms with Crippen LogP contribution in [0.3, 0.4) is 0 Å². The van der Waals surface area contributed by atoms with Crippen molar-refractivity contribution in [2.75, 3.05) is 27.2 Å². The summed E-state index contributed by atoms with van der Waals surface area (Å²) in [5.74, 6) is -0.849. The number of carbonyl (C=O) groups is 1. The van der Waals surface area contributed by atoms with Gasteiger partial charge >= 0.3 is 5.97 Å². The van der Waals surface area contributed by atoms with E-state index >= 15 is 0 Å². The Kier molecular flexibility index (Phi) is 4.65. The van der Waals surface area contributed by atoms with Crippen molar-refractivity contribution in [3.8, 4) is 0 Å². The van der Waals surface area contributed by atoms with Gasteiger partial charge in [-0.25, -0.2) is 4.79 Å². The zero-order valence-electron chi connectivity index (χ0n) is 12.2. The molecule has 1 N–H and O–H groups in total. The normalized spacial score (nSPS) is 20.6. The molecule has 1 aromatic carbocycles. The predicted molar refractivity (Wildman–Crippen MR) is 79.6 cm³/mol. The van der Waals surface area contributed by atoms with E-state index in [0.29, 0.717) is 13.1 Å². The number of benzene rings is 1. The molecule has 7 heteroatoms. The molecule has 0 bridgehead atoms. The standard InChI is InChI=1S/C14H20N2O4S/c1-15(2)21(19,20)16-9-3-4-13(10-16)11-5-7-12(8-6-11)14(17)18/h5-8,13H,3-4,9-10H2,1-2H3,(H,17,18). The fraction of sp³-hybridized carbons (Fsp3) is 0.500. The molecule has 1 unspecified atom stereocenters. The van der Waals surface area contributed by atoms with Gasteiger partial charge in [-0.2, -0.15) is 17.0 Å². The molecule has 0 amide bonds. The van der Waals surface area contributed by atoms with E-state index in [1.54, 1.807) is 24.3 Å². The third-order valence-electron chi connectivity index (χ3n) is 3.80. The highest BCUT2D eigenvalue weighted by atomic mass is 32.2. The molecular weight excluding hydrogens is 292 g/mol. The lowest BCUT2D eigenvalue weighted by molar-refractivity contribution is 0.0697. The summed E-state index contributed by atoms with van der Waals surface area (Å²) in [6.45, 7) is 0.969. The van der Waals surface area contributed by atoms with Gasteiger partial charge in [-0.3, -0.25) is 0 Å². The van der Waals surface area contributed by atoms with Gasteiger partial charge in [0.15, 0.2) is 0 Å². The van der Waals surface area contributed by atoms with Crippen LogP contribution in [0.25, 0.3) is 0 Å². The quantitative estimate of drug-likeness (QED) is 0.911. The Morgan fingerprint density at radius 1 is 1.29 bits per heavy atom. The van der Waals surface area contributed by atoms with Crippen LogP contribution in [0.5, 0.6) is 0 Å². The minimum Gasteiger partial charge on any atom is -0.478 e. The summed E-state index contributed by atoms with van der Waals surface area (Å²) in [6, 6.07) is 6.69. The predicted octanol–water partition coefficient (Wildman–Crippen LogP) is 1.37. The largest absolute Gasteiger partial charge is 0.478 e. The summed E-state index contributed by atoms with van der Waals surface area (Å²) in [6.07, 6.45) is 1.71. The maximum atomic E-state index is 12.2. The van der Waals surface area contributed by atoms with Crippen molar-refractivity contribution in [3.05, 3.63) is 35.4 Å². The SMILES string of the molecule is CN(C)S(=O)(=O)N1CCCC(c2ccc(C(=O)O)cc2)C1. The molecule has 1 atom stereocenters. The van der Waals surface area contributed by atoms with E-state index in [0.717, 1.165) is 18.4 Å². The number of nitrogens with zero attached hydrogens (tertiary/aromatic N) is 2. The van der Waals surface area contributed by atoms with E-state index in [9.17, 15) is 13.2 Å². The third kappa shape index (κ3) is 3.42. The molecule has 1 fully saturated rings. The van der Waals surface area contributed by atoms with Crippen LogP contribution in [0.1, 0.15) is 34.7 Å². The number of piperidine rings is 1. The first-order valence-corrected chi connectivity index (χ1v) is 8.23. The Morgan fingerprint density at radius 2 is 1.90 bits per heavy atom. The van der Waals surface area contributed by atoms with Crippen LogP contribution in [-0.4, -0.2) is 55.3 Å². The Bertz CT molecular complexity index is 610. The second-order valence-electron chi connectivity index (χ2n) is 5.41. The number of carboxylic acids is 1. The zero-order valence-corrected chi connectivity index (χ0v) is 13.0. The fourth-order valence-corrected chi connectivity index (χ4v) is 3.74. The maximum Gasteiger partial charge on any atom is 0.335 e. The molecule has 21 heavy (non-hydrogen) atoms. The monoisotopic (exact) mass is 312 g/mol. The topological polar surface area (TPSA) is 77.9 Å². The molecule has 1 saturated heterocycles. The van der Waals surface area contributed by atoms with E-state index in [4.69, 9.17) is 5.11 Å². The molecule has 1 heterocycles. The van der Waals surface area contributed by atoms with Crippen molar-refractivity contribution >= 4 is 16.2 Å². The molecule has 1 aromatic rings. The Hall–Kier alpha value is -1.44. The average Bonchev–Trinajstić information content (AvgIpc) is 2.47. The average molecular weight is 312 g/mol. The second-order valence-corrected chi connectivity index (χ2v) is 7.56. The van der Waals surface area contributed by atoms with Gasteiger partial charge in [0.05, 0.1) is 5.56 Å². The molecule has 116 valence electrons. The van der Waals surface area contributed by atoms with E-state index in [1.807, 2.05) is 0 Å². The van der Waals surface area contributed by atoms with Crippen LogP contribution in [0.2, 0.25) is 0 Å². The summed E-state index contributed by atoms with van der Waals surface area (Å²) in [4.78, 5) is 10.9. The van der Waals surface area contributed by atoms with E-state index < -0.39 is 16.2 Å². The van der Waals surface area contributed by atoms with Gasteiger partial charge < -0.3 is 5.11 Å². The van der Waals surface area contributed by atoms with Gasteiger partial charge in [0, 0.05) is 27.2 Å². The van der Waals surface area contributed by atoms with Crippen molar-refractivity contribution in [3.63, 3.8) is 0 Å². The third-order valence-corrected chi connectivity index (χ3v) is 5.71. The van der Waals surface area contributed by atoms with Crippen LogP contribution in [0, 0.1) is 0 Å². The molecule has 1 aliphatic rings. The lowest BCUT2D eigenvalue weighted by Crippen LogP contribution is -2.44. The van der Waals surface area contributed by atoms with Crippen LogP contribution in [0.4, 0.5) is 0 Å². The number of hydrogen-bond acceptors (Lipinski definition) is 3. The molecule has 6 nitrogen and oxygen atoms in total. The molecule has 0 aliphatic carbocycles. The summed E-state index contributed by atoms with van der Waals surface area (Å²) < 4.78 is 27.1. The highest BCUT2D eigenvalue weighted by Gasteiger charge is 2.30. The van der Waals surface area contributed by atoms with Gasteiger partial charge in [0.2, 0.25) is 0 Å². The maximum absolute atomic E-state index is 12.2. The fourth-order valence-electron chi connectivity index (χ4n) is 2.55. The molecule has 0 radical (unpaired) electrons. The molecule has 0 aromatic heterocycles. The number of hydrogen-bond donors (Lipinski definition) is 1. The lowest BCUT2D eigenvalue weighted by Gasteiger charge is -2.33. The first kappa shape index (κ1) is 15.9. The Labute approximate surface area is 125 Å². The molecule has 0 saturated carbocycles. The zero-order chi connectivity index (χ0) is 15.6. The minimum atomic E-state index is -3.39. The van der Waals surface area contributed by atoms with Crippen LogP contribution < -0.4 is 0 Å². The van der Waals surface area contributed by atoms with Crippen molar-refractivity contribution in [1.29, 1.82) is 0 Å². The van der Waals surface area contributed by atoms with E-state index in [2.05, 4.69) is 0 Å². The highest BCUT2D eigenvalue weighted by molar-refractivity contribution is 7.86. The second kappa shape index (κ2) is 6.13.